The van der Waals surface area contributed by atoms with Crippen LogP contribution in [-0.2, 0) is 0 Å². The molecule has 0 saturated carbocycles. The van der Waals surface area contributed by atoms with Crippen molar-refractivity contribution < 1.29 is 0 Å². The molecule has 0 N–H and O–H groups in total. The van der Waals surface area contributed by atoms with Crippen LogP contribution in [0.5, 0.6) is 0 Å². The minimum atomic E-state index is 0.471. The first-order valence-electron chi connectivity index (χ1n) is 5.70. The molecule has 5 heteroatoms. The number of halogens is 1. The Labute approximate surface area is 114 Å². The third-order valence-corrected chi connectivity index (χ3v) is 3.16. The summed E-state index contributed by atoms with van der Waals surface area (Å²) in [5.74, 6) is 0. The number of hydrogen-bond acceptors (Lipinski definition) is 3. The monoisotopic (exact) mass is 268 g/mol. The van der Waals surface area contributed by atoms with Crippen molar-refractivity contribution in [2.75, 3.05) is 0 Å². The summed E-state index contributed by atoms with van der Waals surface area (Å²) in [6.45, 7) is 1.93. The zero-order valence-corrected chi connectivity index (χ0v) is 10.9. The number of nitriles is 1. The molecule has 0 fully saturated rings. The van der Waals surface area contributed by atoms with E-state index in [4.69, 9.17) is 16.9 Å². The van der Waals surface area contributed by atoms with Crippen LogP contribution in [0.2, 0.25) is 5.02 Å². The topological polar surface area (TPSA) is 54.0 Å². The molecule has 0 aliphatic heterocycles. The van der Waals surface area contributed by atoms with Crippen LogP contribution >= 0.6 is 11.6 Å². The molecule has 0 spiro atoms. The van der Waals surface area contributed by atoms with Gasteiger partial charge in [-0.15, -0.1) is 0 Å². The average Bonchev–Trinajstić information content (AvgIpc) is 2.83. The molecular weight excluding hydrogens is 260 g/mol. The molecule has 92 valence electrons. The number of rotatable bonds is 1. The highest BCUT2D eigenvalue weighted by Crippen LogP contribution is 2.22. The van der Waals surface area contributed by atoms with Crippen LogP contribution in [0.3, 0.4) is 0 Å². The standard InChI is InChI=1S/C14H9ClN4/c1-9-6-13(10-2-4-12(15)5-3-10)18-14-11(7-16)8-17-19(9)14/h2-6,8H,1H3. The van der Waals surface area contributed by atoms with E-state index < -0.39 is 0 Å². The maximum atomic E-state index is 9.05. The Morgan fingerprint density at radius 2 is 2.00 bits per heavy atom. The maximum Gasteiger partial charge on any atom is 0.173 e. The van der Waals surface area contributed by atoms with Crippen LogP contribution in [0, 0.1) is 18.3 Å². The highest BCUT2D eigenvalue weighted by molar-refractivity contribution is 6.30. The normalized spacial score (nSPS) is 10.6. The smallest absolute Gasteiger partial charge is 0.173 e. The summed E-state index contributed by atoms with van der Waals surface area (Å²) >= 11 is 5.88. The van der Waals surface area contributed by atoms with Gasteiger partial charge in [0.1, 0.15) is 11.6 Å². The fraction of sp³-hybridized carbons (Fsp3) is 0.0714. The number of benzene rings is 1. The van der Waals surface area contributed by atoms with Gasteiger partial charge in [-0.05, 0) is 25.1 Å². The van der Waals surface area contributed by atoms with E-state index >= 15 is 0 Å². The van der Waals surface area contributed by atoms with Crippen molar-refractivity contribution in [1.82, 2.24) is 14.6 Å². The van der Waals surface area contributed by atoms with E-state index in [2.05, 4.69) is 16.2 Å². The zero-order chi connectivity index (χ0) is 13.4. The zero-order valence-electron chi connectivity index (χ0n) is 10.1. The summed E-state index contributed by atoms with van der Waals surface area (Å²) < 4.78 is 1.66. The van der Waals surface area contributed by atoms with E-state index in [1.165, 1.54) is 6.20 Å². The van der Waals surface area contributed by atoms with Crippen molar-refractivity contribution in [1.29, 1.82) is 5.26 Å². The Bertz CT molecular complexity index is 797. The fourth-order valence-corrected chi connectivity index (χ4v) is 2.09. The lowest BCUT2D eigenvalue weighted by atomic mass is 10.1. The molecule has 0 atom stereocenters. The van der Waals surface area contributed by atoms with Crippen molar-refractivity contribution in [3.63, 3.8) is 0 Å². The van der Waals surface area contributed by atoms with Crippen LogP contribution < -0.4 is 0 Å². The van der Waals surface area contributed by atoms with Gasteiger partial charge in [0.15, 0.2) is 5.65 Å². The van der Waals surface area contributed by atoms with E-state index in [1.54, 1.807) is 4.52 Å². The van der Waals surface area contributed by atoms with Gasteiger partial charge in [-0.25, -0.2) is 9.50 Å². The van der Waals surface area contributed by atoms with Gasteiger partial charge >= 0.3 is 0 Å². The Hall–Kier alpha value is -2.38. The maximum absolute atomic E-state index is 9.05. The second kappa shape index (κ2) is 4.38. The minimum Gasteiger partial charge on any atom is -0.227 e. The number of aromatic nitrogens is 3. The number of fused-ring (bicyclic) bond motifs is 1. The van der Waals surface area contributed by atoms with E-state index in [0.717, 1.165) is 17.0 Å². The lowest BCUT2D eigenvalue weighted by Gasteiger charge is -2.05. The molecule has 2 aromatic heterocycles. The van der Waals surface area contributed by atoms with Crippen LogP contribution in [0.1, 0.15) is 11.3 Å². The second-order valence-electron chi connectivity index (χ2n) is 4.20. The minimum absolute atomic E-state index is 0.471. The van der Waals surface area contributed by atoms with Crippen molar-refractivity contribution >= 4 is 17.2 Å². The summed E-state index contributed by atoms with van der Waals surface area (Å²) in [6, 6.07) is 11.5. The first-order valence-corrected chi connectivity index (χ1v) is 6.08. The SMILES string of the molecule is Cc1cc(-c2ccc(Cl)cc2)nc2c(C#N)cnn12. The van der Waals surface area contributed by atoms with Crippen molar-refractivity contribution in [3.8, 4) is 17.3 Å². The molecule has 0 saturated heterocycles. The van der Waals surface area contributed by atoms with Crippen molar-refractivity contribution in [3.05, 3.63) is 52.8 Å². The van der Waals surface area contributed by atoms with Gasteiger partial charge in [-0.2, -0.15) is 10.4 Å². The molecule has 3 aromatic rings. The second-order valence-corrected chi connectivity index (χ2v) is 4.63. The molecule has 0 aliphatic rings. The summed E-state index contributed by atoms with van der Waals surface area (Å²) in [6.07, 6.45) is 1.53. The Morgan fingerprint density at radius 1 is 1.26 bits per heavy atom. The van der Waals surface area contributed by atoms with Crippen LogP contribution in [-0.4, -0.2) is 14.6 Å². The Balaban J connectivity index is 2.25. The molecule has 0 radical (unpaired) electrons. The number of aryl methyl sites for hydroxylation is 1. The molecule has 3 rings (SSSR count). The van der Waals surface area contributed by atoms with Gasteiger partial charge in [0.2, 0.25) is 0 Å². The molecule has 0 amide bonds. The molecule has 0 unspecified atom stereocenters. The largest absolute Gasteiger partial charge is 0.227 e. The third kappa shape index (κ3) is 1.94. The highest BCUT2D eigenvalue weighted by Gasteiger charge is 2.10. The predicted molar refractivity (Wildman–Crippen MR) is 72.9 cm³/mol. The van der Waals surface area contributed by atoms with Gasteiger partial charge in [0, 0.05) is 16.3 Å². The molecule has 19 heavy (non-hydrogen) atoms. The molecule has 2 heterocycles. The first-order chi connectivity index (χ1) is 9.19. The first kappa shape index (κ1) is 11.7. The highest BCUT2D eigenvalue weighted by atomic mass is 35.5. The average molecular weight is 269 g/mol. The van der Waals surface area contributed by atoms with E-state index in [9.17, 15) is 0 Å². The number of hydrogen-bond donors (Lipinski definition) is 0. The Kier molecular flexibility index (Phi) is 2.69. The lowest BCUT2D eigenvalue weighted by Crippen LogP contribution is -1.98. The molecule has 0 bridgehead atoms. The van der Waals surface area contributed by atoms with Crippen LogP contribution in [0.25, 0.3) is 16.9 Å². The quantitative estimate of drug-likeness (QED) is 0.681. The summed E-state index contributed by atoms with van der Waals surface area (Å²) in [4.78, 5) is 4.50. The predicted octanol–water partition coefficient (Wildman–Crippen LogP) is 3.23. The van der Waals surface area contributed by atoms with Gasteiger partial charge in [0.25, 0.3) is 0 Å². The molecule has 1 aromatic carbocycles. The van der Waals surface area contributed by atoms with Gasteiger partial charge in [0.05, 0.1) is 11.9 Å². The summed E-state index contributed by atoms with van der Waals surface area (Å²) in [7, 11) is 0. The Morgan fingerprint density at radius 3 is 2.68 bits per heavy atom. The van der Waals surface area contributed by atoms with E-state index in [0.29, 0.717) is 16.2 Å². The van der Waals surface area contributed by atoms with Gasteiger partial charge in [-0.1, -0.05) is 23.7 Å². The molecular formula is C14H9ClN4. The third-order valence-electron chi connectivity index (χ3n) is 2.91. The van der Waals surface area contributed by atoms with Crippen LogP contribution in [0.15, 0.2) is 36.5 Å². The summed E-state index contributed by atoms with van der Waals surface area (Å²) in [5.41, 5.74) is 3.74. The number of nitrogens with zero attached hydrogens (tertiary/aromatic N) is 4. The molecule has 0 aliphatic carbocycles. The van der Waals surface area contributed by atoms with E-state index in [-0.39, 0.29) is 0 Å². The van der Waals surface area contributed by atoms with Gasteiger partial charge in [-0.3, -0.25) is 0 Å². The van der Waals surface area contributed by atoms with Crippen LogP contribution in [0.4, 0.5) is 0 Å². The fourth-order valence-electron chi connectivity index (χ4n) is 1.96. The lowest BCUT2D eigenvalue weighted by molar-refractivity contribution is 0.896. The molecule has 4 nitrogen and oxygen atoms in total. The van der Waals surface area contributed by atoms with Crippen molar-refractivity contribution in [2.24, 2.45) is 0 Å². The van der Waals surface area contributed by atoms with E-state index in [1.807, 2.05) is 37.3 Å². The van der Waals surface area contributed by atoms with Crippen molar-refractivity contribution in [2.45, 2.75) is 6.92 Å². The summed E-state index contributed by atoms with van der Waals surface area (Å²) in [5, 5.41) is 13.9. The van der Waals surface area contributed by atoms with Gasteiger partial charge < -0.3 is 0 Å².